The highest BCUT2D eigenvalue weighted by molar-refractivity contribution is 7.98. The van der Waals surface area contributed by atoms with Crippen molar-refractivity contribution in [2.75, 3.05) is 17.3 Å². The first-order chi connectivity index (χ1) is 8.54. The zero-order valence-electron chi connectivity index (χ0n) is 9.88. The van der Waals surface area contributed by atoms with E-state index in [1.807, 2.05) is 6.26 Å². The van der Waals surface area contributed by atoms with Crippen LogP contribution in [0.5, 0.6) is 5.75 Å². The molecule has 0 atom stereocenters. The molecular weight excluding hydrogens is 256 g/mol. The monoisotopic (exact) mass is 270 g/mol. The Hall–Kier alpha value is -1.76. The number of rotatable bonds is 6. The van der Waals surface area contributed by atoms with Crippen molar-refractivity contribution in [3.8, 4) is 5.75 Å². The molecule has 0 fully saturated rings. The molecule has 1 aromatic carbocycles. The molecule has 0 saturated heterocycles. The SMILES string of the molecule is CSCCCC(=O)Nc1cc([N+](=O)[O-])ccc1O. The Morgan fingerprint density at radius 1 is 1.56 bits per heavy atom. The van der Waals surface area contributed by atoms with Crippen molar-refractivity contribution in [1.82, 2.24) is 0 Å². The summed E-state index contributed by atoms with van der Waals surface area (Å²) in [5, 5.41) is 22.5. The number of hydrogen-bond acceptors (Lipinski definition) is 5. The van der Waals surface area contributed by atoms with Crippen LogP contribution >= 0.6 is 11.8 Å². The summed E-state index contributed by atoms with van der Waals surface area (Å²) < 4.78 is 0. The second-order valence-corrected chi connectivity index (χ2v) is 4.59. The van der Waals surface area contributed by atoms with E-state index in [2.05, 4.69) is 5.32 Å². The minimum absolute atomic E-state index is 0.0679. The molecule has 0 radical (unpaired) electrons. The van der Waals surface area contributed by atoms with Crippen LogP contribution in [0.2, 0.25) is 0 Å². The molecule has 1 aromatic rings. The van der Waals surface area contributed by atoms with Gasteiger partial charge in [0.05, 0.1) is 10.6 Å². The molecule has 2 N–H and O–H groups in total. The fourth-order valence-electron chi connectivity index (χ4n) is 1.33. The van der Waals surface area contributed by atoms with E-state index < -0.39 is 4.92 Å². The number of nitrogens with one attached hydrogen (secondary N) is 1. The Kier molecular flexibility index (Phi) is 5.44. The largest absolute Gasteiger partial charge is 0.506 e. The highest BCUT2D eigenvalue weighted by Gasteiger charge is 2.12. The van der Waals surface area contributed by atoms with Gasteiger partial charge in [-0.25, -0.2) is 0 Å². The molecule has 0 aliphatic carbocycles. The number of aromatic hydroxyl groups is 1. The molecule has 7 heteroatoms. The number of anilines is 1. The molecule has 0 aromatic heterocycles. The van der Waals surface area contributed by atoms with Crippen LogP contribution in [-0.2, 0) is 4.79 Å². The summed E-state index contributed by atoms with van der Waals surface area (Å²) >= 11 is 1.64. The first kappa shape index (κ1) is 14.3. The van der Waals surface area contributed by atoms with Crippen LogP contribution < -0.4 is 5.32 Å². The Morgan fingerprint density at radius 3 is 2.89 bits per heavy atom. The van der Waals surface area contributed by atoms with E-state index in [0.29, 0.717) is 6.42 Å². The number of non-ortho nitro benzene ring substituents is 1. The number of thioether (sulfide) groups is 1. The van der Waals surface area contributed by atoms with Crippen LogP contribution in [0.4, 0.5) is 11.4 Å². The molecule has 0 bridgehead atoms. The van der Waals surface area contributed by atoms with Crippen LogP contribution in [0.15, 0.2) is 18.2 Å². The molecule has 98 valence electrons. The molecule has 0 aliphatic rings. The first-order valence-corrected chi connectivity index (χ1v) is 6.70. The topological polar surface area (TPSA) is 92.5 Å². The van der Waals surface area contributed by atoms with Gasteiger partial charge in [0.25, 0.3) is 5.69 Å². The molecule has 1 rings (SSSR count). The van der Waals surface area contributed by atoms with E-state index in [1.165, 1.54) is 12.1 Å². The smallest absolute Gasteiger partial charge is 0.271 e. The fraction of sp³-hybridized carbons (Fsp3) is 0.364. The fourth-order valence-corrected chi connectivity index (χ4v) is 1.76. The molecule has 0 unspecified atom stereocenters. The third-order valence-corrected chi connectivity index (χ3v) is 2.91. The van der Waals surface area contributed by atoms with Gasteiger partial charge >= 0.3 is 0 Å². The average molecular weight is 270 g/mol. The normalized spacial score (nSPS) is 10.1. The van der Waals surface area contributed by atoms with Gasteiger partial charge < -0.3 is 10.4 Å². The molecule has 0 saturated carbocycles. The van der Waals surface area contributed by atoms with Crippen molar-refractivity contribution >= 4 is 29.0 Å². The molecule has 18 heavy (non-hydrogen) atoms. The van der Waals surface area contributed by atoms with Gasteiger partial charge in [0.2, 0.25) is 5.91 Å². The molecule has 1 amide bonds. The third-order valence-electron chi connectivity index (χ3n) is 2.22. The van der Waals surface area contributed by atoms with E-state index in [1.54, 1.807) is 11.8 Å². The standard InChI is InChI=1S/C11H14N2O4S/c1-18-6-2-3-11(15)12-9-7-8(13(16)17)4-5-10(9)14/h4-5,7,14H,2-3,6H2,1H3,(H,12,15). The second kappa shape index (κ2) is 6.85. The Bertz CT molecular complexity index is 451. The van der Waals surface area contributed by atoms with Crippen LogP contribution in [0.3, 0.4) is 0 Å². The first-order valence-electron chi connectivity index (χ1n) is 5.30. The molecule has 0 spiro atoms. The minimum atomic E-state index is -0.581. The van der Waals surface area contributed by atoms with Gasteiger partial charge in [-0.3, -0.25) is 14.9 Å². The lowest BCUT2D eigenvalue weighted by Crippen LogP contribution is -2.11. The summed E-state index contributed by atoms with van der Waals surface area (Å²) in [6.07, 6.45) is 3.00. The number of nitrogens with zero attached hydrogens (tertiary/aromatic N) is 1. The molecule has 0 heterocycles. The Balaban J connectivity index is 2.68. The molecule has 6 nitrogen and oxygen atoms in total. The highest BCUT2D eigenvalue weighted by Crippen LogP contribution is 2.27. The molecular formula is C11H14N2O4S. The number of amides is 1. The predicted molar refractivity (Wildman–Crippen MR) is 71.0 cm³/mol. The number of carbonyl (C=O) groups is 1. The van der Waals surface area contributed by atoms with Gasteiger partial charge in [0, 0.05) is 18.6 Å². The predicted octanol–water partition coefficient (Wildman–Crippen LogP) is 2.38. The number of nitro benzene ring substituents is 1. The van der Waals surface area contributed by atoms with Gasteiger partial charge in [-0.1, -0.05) is 0 Å². The number of nitro groups is 1. The number of benzene rings is 1. The van der Waals surface area contributed by atoms with Gasteiger partial charge in [-0.2, -0.15) is 11.8 Å². The summed E-state index contributed by atoms with van der Waals surface area (Å²) in [5.74, 6) is 0.424. The van der Waals surface area contributed by atoms with E-state index >= 15 is 0 Å². The van der Waals surface area contributed by atoms with Crippen molar-refractivity contribution in [2.24, 2.45) is 0 Å². The number of hydrogen-bond donors (Lipinski definition) is 2. The number of phenolic OH excluding ortho intramolecular Hbond substituents is 1. The maximum Gasteiger partial charge on any atom is 0.271 e. The lowest BCUT2D eigenvalue weighted by molar-refractivity contribution is -0.384. The Labute approximate surface area is 109 Å². The van der Waals surface area contributed by atoms with Crippen LogP contribution in [0.1, 0.15) is 12.8 Å². The zero-order valence-corrected chi connectivity index (χ0v) is 10.7. The van der Waals surface area contributed by atoms with E-state index in [9.17, 15) is 20.0 Å². The average Bonchev–Trinajstić information content (AvgIpc) is 2.32. The quantitative estimate of drug-likeness (QED) is 0.358. The minimum Gasteiger partial charge on any atom is -0.506 e. The maximum atomic E-state index is 11.5. The number of carbonyl (C=O) groups excluding carboxylic acids is 1. The van der Waals surface area contributed by atoms with Crippen molar-refractivity contribution in [3.63, 3.8) is 0 Å². The third kappa shape index (κ3) is 4.25. The zero-order chi connectivity index (χ0) is 13.5. The summed E-state index contributed by atoms with van der Waals surface area (Å²) in [6.45, 7) is 0. The molecule has 0 aliphatic heterocycles. The van der Waals surface area contributed by atoms with Crippen molar-refractivity contribution in [3.05, 3.63) is 28.3 Å². The van der Waals surface area contributed by atoms with Gasteiger partial charge in [-0.15, -0.1) is 0 Å². The second-order valence-electron chi connectivity index (χ2n) is 3.60. The van der Waals surface area contributed by atoms with Crippen LogP contribution in [0, 0.1) is 10.1 Å². The lowest BCUT2D eigenvalue weighted by Gasteiger charge is -2.06. The van der Waals surface area contributed by atoms with Crippen molar-refractivity contribution in [2.45, 2.75) is 12.8 Å². The summed E-state index contributed by atoms with van der Waals surface area (Å²) in [5.41, 5.74) is -0.106. The van der Waals surface area contributed by atoms with E-state index in [0.717, 1.165) is 18.2 Å². The van der Waals surface area contributed by atoms with Crippen molar-refractivity contribution < 1.29 is 14.8 Å². The van der Waals surface area contributed by atoms with E-state index in [-0.39, 0.29) is 23.0 Å². The number of phenols is 1. The van der Waals surface area contributed by atoms with Gasteiger partial charge in [-0.05, 0) is 24.5 Å². The summed E-state index contributed by atoms with van der Waals surface area (Å²) in [6, 6.07) is 3.51. The summed E-state index contributed by atoms with van der Waals surface area (Å²) in [7, 11) is 0. The summed E-state index contributed by atoms with van der Waals surface area (Å²) in [4.78, 5) is 21.5. The maximum absolute atomic E-state index is 11.5. The van der Waals surface area contributed by atoms with Crippen LogP contribution in [-0.4, -0.2) is 27.9 Å². The Morgan fingerprint density at radius 2 is 2.28 bits per heavy atom. The van der Waals surface area contributed by atoms with Gasteiger partial charge in [0.15, 0.2) is 0 Å². The van der Waals surface area contributed by atoms with Gasteiger partial charge in [0.1, 0.15) is 5.75 Å². The van der Waals surface area contributed by atoms with Crippen molar-refractivity contribution in [1.29, 1.82) is 0 Å². The lowest BCUT2D eigenvalue weighted by atomic mass is 10.2. The highest BCUT2D eigenvalue weighted by atomic mass is 32.2. The van der Waals surface area contributed by atoms with E-state index in [4.69, 9.17) is 0 Å². The van der Waals surface area contributed by atoms with Crippen LogP contribution in [0.25, 0.3) is 0 Å².